The summed E-state index contributed by atoms with van der Waals surface area (Å²) < 4.78 is 12.9. The quantitative estimate of drug-likeness (QED) is 0.865. The molecule has 0 amide bonds. The Labute approximate surface area is 145 Å². The Kier molecular flexibility index (Phi) is 6.96. The molecule has 1 fully saturated rings. The topological polar surface area (TPSA) is 26.7 Å². The van der Waals surface area contributed by atoms with Crippen LogP contribution in [0.1, 0.15) is 32.8 Å². The van der Waals surface area contributed by atoms with Crippen LogP contribution in [0.3, 0.4) is 0 Å². The van der Waals surface area contributed by atoms with Crippen molar-refractivity contribution in [2.75, 3.05) is 39.3 Å². The maximum Gasteiger partial charge on any atom is 0.123 e. The smallest absolute Gasteiger partial charge is 0.123 e. The molecule has 2 rings (SSSR count). The van der Waals surface area contributed by atoms with E-state index in [1.165, 1.54) is 12.1 Å². The number of aliphatic hydroxyl groups excluding tert-OH is 1. The van der Waals surface area contributed by atoms with Crippen LogP contribution in [0.25, 0.3) is 6.08 Å². The highest BCUT2D eigenvalue weighted by molar-refractivity contribution is 5.48. The summed E-state index contributed by atoms with van der Waals surface area (Å²) in [6.07, 6.45) is 5.01. The first-order valence-electron chi connectivity index (χ1n) is 8.87. The van der Waals surface area contributed by atoms with Gasteiger partial charge in [0, 0.05) is 45.4 Å². The molecule has 4 heteroatoms. The van der Waals surface area contributed by atoms with Gasteiger partial charge in [0.15, 0.2) is 0 Å². The van der Waals surface area contributed by atoms with E-state index in [9.17, 15) is 9.50 Å². The molecule has 134 valence electrons. The Hall–Kier alpha value is -1.23. The normalized spacial score (nSPS) is 20.8. The van der Waals surface area contributed by atoms with Gasteiger partial charge in [0.25, 0.3) is 0 Å². The fraction of sp³-hybridized carbons (Fsp3) is 0.600. The van der Waals surface area contributed by atoms with Crippen LogP contribution in [0.4, 0.5) is 4.39 Å². The van der Waals surface area contributed by atoms with Crippen LogP contribution in [0.15, 0.2) is 30.3 Å². The number of rotatable bonds is 6. The van der Waals surface area contributed by atoms with Gasteiger partial charge in [-0.1, -0.05) is 45.1 Å². The van der Waals surface area contributed by atoms with Gasteiger partial charge in [-0.05, 0) is 29.5 Å². The lowest BCUT2D eigenvalue weighted by molar-refractivity contribution is 0.0420. The van der Waals surface area contributed by atoms with Gasteiger partial charge in [-0.3, -0.25) is 9.80 Å². The van der Waals surface area contributed by atoms with Gasteiger partial charge in [0.1, 0.15) is 5.82 Å². The molecule has 1 aromatic rings. The minimum absolute atomic E-state index is 0.200. The van der Waals surface area contributed by atoms with Gasteiger partial charge in [-0.25, -0.2) is 4.39 Å². The number of benzene rings is 1. The van der Waals surface area contributed by atoms with E-state index in [0.29, 0.717) is 6.04 Å². The molecular weight excluding hydrogens is 303 g/mol. The minimum atomic E-state index is -0.200. The summed E-state index contributed by atoms with van der Waals surface area (Å²) in [5.41, 5.74) is 1.30. The van der Waals surface area contributed by atoms with Crippen molar-refractivity contribution >= 4 is 6.08 Å². The number of aliphatic hydroxyl groups is 1. The van der Waals surface area contributed by atoms with Gasteiger partial charge in [0.2, 0.25) is 0 Å². The van der Waals surface area contributed by atoms with Crippen molar-refractivity contribution in [2.24, 2.45) is 5.41 Å². The fourth-order valence-corrected chi connectivity index (χ4v) is 3.28. The first kappa shape index (κ1) is 19.1. The molecule has 24 heavy (non-hydrogen) atoms. The maximum absolute atomic E-state index is 12.9. The van der Waals surface area contributed by atoms with E-state index in [4.69, 9.17) is 0 Å². The molecule has 0 spiro atoms. The molecule has 0 aliphatic carbocycles. The zero-order valence-electron chi connectivity index (χ0n) is 15.2. The molecule has 1 aromatic carbocycles. The number of hydrogen-bond donors (Lipinski definition) is 1. The number of nitrogens with zero attached hydrogens (tertiary/aromatic N) is 2. The lowest BCUT2D eigenvalue weighted by Crippen LogP contribution is -2.55. The third-order valence-electron chi connectivity index (χ3n) is 4.37. The summed E-state index contributed by atoms with van der Waals surface area (Å²) >= 11 is 0. The van der Waals surface area contributed by atoms with E-state index in [1.54, 1.807) is 12.1 Å². The van der Waals surface area contributed by atoms with Crippen molar-refractivity contribution in [1.82, 2.24) is 9.80 Å². The van der Waals surface area contributed by atoms with Gasteiger partial charge >= 0.3 is 0 Å². The Morgan fingerprint density at radius 2 is 1.92 bits per heavy atom. The second-order valence-corrected chi connectivity index (χ2v) is 7.91. The van der Waals surface area contributed by atoms with Crippen LogP contribution in [0.2, 0.25) is 0 Å². The van der Waals surface area contributed by atoms with Crippen molar-refractivity contribution < 1.29 is 9.50 Å². The summed E-state index contributed by atoms with van der Waals surface area (Å²) in [6, 6.07) is 6.98. The first-order valence-corrected chi connectivity index (χ1v) is 8.87. The van der Waals surface area contributed by atoms with Crippen molar-refractivity contribution in [2.45, 2.75) is 33.2 Å². The molecule has 0 aromatic heterocycles. The van der Waals surface area contributed by atoms with E-state index in [0.717, 1.165) is 44.7 Å². The highest BCUT2D eigenvalue weighted by Gasteiger charge is 2.28. The van der Waals surface area contributed by atoms with E-state index in [-0.39, 0.29) is 17.8 Å². The van der Waals surface area contributed by atoms with Gasteiger partial charge in [-0.15, -0.1) is 0 Å². The molecule has 1 saturated heterocycles. The van der Waals surface area contributed by atoms with Crippen molar-refractivity contribution in [1.29, 1.82) is 0 Å². The van der Waals surface area contributed by atoms with Gasteiger partial charge < -0.3 is 5.11 Å². The molecular formula is C20H31FN2O. The zero-order chi connectivity index (χ0) is 17.6. The standard InChI is InChI=1S/C20H31FN2O/c1-20(2,3)16-23-13-12-22(15-19(23)10-14-24)11-4-5-17-6-8-18(21)9-7-17/h4-9,19,24H,10-16H2,1-3H3/b5-4+. The zero-order valence-corrected chi connectivity index (χ0v) is 15.2. The average molecular weight is 334 g/mol. The number of hydrogen-bond acceptors (Lipinski definition) is 3. The van der Waals surface area contributed by atoms with Gasteiger partial charge in [0.05, 0.1) is 0 Å². The third-order valence-corrected chi connectivity index (χ3v) is 4.37. The first-order chi connectivity index (χ1) is 11.4. The summed E-state index contributed by atoms with van der Waals surface area (Å²) in [4.78, 5) is 4.95. The summed E-state index contributed by atoms with van der Waals surface area (Å²) in [5.74, 6) is -0.200. The van der Waals surface area contributed by atoms with E-state index in [1.807, 2.05) is 6.08 Å². The highest BCUT2D eigenvalue weighted by atomic mass is 19.1. The van der Waals surface area contributed by atoms with Crippen LogP contribution in [0, 0.1) is 11.2 Å². The monoisotopic (exact) mass is 334 g/mol. The van der Waals surface area contributed by atoms with Crippen molar-refractivity contribution in [3.63, 3.8) is 0 Å². The predicted molar refractivity (Wildman–Crippen MR) is 98.4 cm³/mol. The second kappa shape index (κ2) is 8.75. The van der Waals surface area contributed by atoms with Crippen molar-refractivity contribution in [3.8, 4) is 0 Å². The van der Waals surface area contributed by atoms with Crippen LogP contribution in [-0.2, 0) is 0 Å². The van der Waals surface area contributed by atoms with E-state index in [2.05, 4.69) is 36.6 Å². The average Bonchev–Trinajstić information content (AvgIpc) is 2.51. The second-order valence-electron chi connectivity index (χ2n) is 7.91. The fourth-order valence-electron chi connectivity index (χ4n) is 3.28. The Morgan fingerprint density at radius 1 is 1.21 bits per heavy atom. The molecule has 1 unspecified atom stereocenters. The van der Waals surface area contributed by atoms with E-state index < -0.39 is 0 Å². The number of piperazine rings is 1. The number of halogens is 1. The highest BCUT2D eigenvalue weighted by Crippen LogP contribution is 2.21. The maximum atomic E-state index is 12.9. The minimum Gasteiger partial charge on any atom is -0.396 e. The van der Waals surface area contributed by atoms with E-state index >= 15 is 0 Å². The molecule has 1 atom stereocenters. The lowest BCUT2D eigenvalue weighted by Gasteiger charge is -2.43. The molecule has 1 aliphatic heterocycles. The third kappa shape index (κ3) is 6.34. The molecule has 0 bridgehead atoms. The van der Waals surface area contributed by atoms with Crippen LogP contribution >= 0.6 is 0 Å². The lowest BCUT2D eigenvalue weighted by atomic mass is 9.94. The molecule has 3 nitrogen and oxygen atoms in total. The largest absolute Gasteiger partial charge is 0.396 e. The molecule has 0 saturated carbocycles. The molecule has 1 N–H and O–H groups in total. The SMILES string of the molecule is CC(C)(C)CN1CCN(C/C=C/c2ccc(F)cc2)CC1CCO. The summed E-state index contributed by atoms with van der Waals surface area (Å²) in [5, 5.41) is 9.38. The van der Waals surface area contributed by atoms with Crippen LogP contribution in [-0.4, -0.2) is 60.3 Å². The van der Waals surface area contributed by atoms with Crippen LogP contribution in [0.5, 0.6) is 0 Å². The summed E-state index contributed by atoms with van der Waals surface area (Å²) in [6.45, 7) is 12.1. The molecule has 0 radical (unpaired) electrons. The van der Waals surface area contributed by atoms with Gasteiger partial charge in [-0.2, -0.15) is 0 Å². The Balaban J connectivity index is 1.87. The Morgan fingerprint density at radius 3 is 2.54 bits per heavy atom. The Bertz CT molecular complexity index is 521. The summed E-state index contributed by atoms with van der Waals surface area (Å²) in [7, 11) is 0. The molecule has 1 aliphatic rings. The van der Waals surface area contributed by atoms with Crippen LogP contribution < -0.4 is 0 Å². The van der Waals surface area contributed by atoms with Crippen molar-refractivity contribution in [3.05, 3.63) is 41.7 Å². The molecule has 1 heterocycles. The predicted octanol–water partition coefficient (Wildman–Crippen LogP) is 3.25.